The molecule has 0 heterocycles. The highest BCUT2D eigenvalue weighted by Gasteiger charge is 2.09. The molecule has 3 rings (SSSR count). The zero-order valence-corrected chi connectivity index (χ0v) is 16.8. The van der Waals surface area contributed by atoms with E-state index < -0.39 is 5.82 Å². The molecule has 0 radical (unpaired) electrons. The number of carbonyl (C=O) groups is 2. The van der Waals surface area contributed by atoms with Gasteiger partial charge in [0.15, 0.2) is 0 Å². The van der Waals surface area contributed by atoms with Gasteiger partial charge >= 0.3 is 0 Å². The molecule has 3 aromatic carbocycles. The van der Waals surface area contributed by atoms with Crippen LogP contribution >= 0.6 is 11.8 Å². The summed E-state index contributed by atoms with van der Waals surface area (Å²) in [5, 5.41) is 5.42. The number of benzene rings is 3. The molecule has 2 amide bonds. The fraction of sp³-hybridized carbons (Fsp3) is 0.130. The first-order valence-corrected chi connectivity index (χ1v) is 10.3. The van der Waals surface area contributed by atoms with Gasteiger partial charge < -0.3 is 10.6 Å². The van der Waals surface area contributed by atoms with E-state index >= 15 is 0 Å². The maximum Gasteiger partial charge on any atom is 0.255 e. The molecule has 0 aliphatic rings. The second kappa shape index (κ2) is 9.89. The number of hydrogen-bond acceptors (Lipinski definition) is 3. The van der Waals surface area contributed by atoms with E-state index in [2.05, 4.69) is 10.6 Å². The Kier molecular flexibility index (Phi) is 7.03. The number of rotatable bonds is 7. The van der Waals surface area contributed by atoms with E-state index in [-0.39, 0.29) is 23.3 Å². The van der Waals surface area contributed by atoms with Crippen molar-refractivity contribution in [2.45, 2.75) is 12.7 Å². The lowest BCUT2D eigenvalue weighted by atomic mass is 10.1. The molecule has 0 fully saturated rings. The van der Waals surface area contributed by atoms with Crippen molar-refractivity contribution in [2.75, 3.05) is 16.4 Å². The summed E-state index contributed by atoms with van der Waals surface area (Å²) in [7, 11) is 0. The average Bonchev–Trinajstić information content (AvgIpc) is 2.71. The van der Waals surface area contributed by atoms with Crippen LogP contribution in [-0.2, 0) is 10.5 Å². The topological polar surface area (TPSA) is 58.2 Å². The highest BCUT2D eigenvalue weighted by molar-refractivity contribution is 7.99. The molecule has 0 spiro atoms. The van der Waals surface area contributed by atoms with Crippen LogP contribution in [0.5, 0.6) is 0 Å². The van der Waals surface area contributed by atoms with Crippen molar-refractivity contribution in [3.8, 4) is 0 Å². The van der Waals surface area contributed by atoms with Crippen LogP contribution < -0.4 is 10.6 Å². The Morgan fingerprint density at radius 2 is 1.66 bits per heavy atom. The molecule has 6 heteroatoms. The van der Waals surface area contributed by atoms with Crippen LogP contribution in [0, 0.1) is 12.7 Å². The number of anilines is 2. The number of thioether (sulfide) groups is 1. The van der Waals surface area contributed by atoms with Gasteiger partial charge in [0.1, 0.15) is 5.82 Å². The molecule has 0 aromatic heterocycles. The van der Waals surface area contributed by atoms with Gasteiger partial charge in [-0.2, -0.15) is 0 Å². The van der Waals surface area contributed by atoms with Gasteiger partial charge in [-0.3, -0.25) is 9.59 Å². The van der Waals surface area contributed by atoms with Gasteiger partial charge in [-0.05, 0) is 54.4 Å². The van der Waals surface area contributed by atoms with E-state index in [1.165, 1.54) is 17.8 Å². The number of amides is 2. The number of para-hydroxylation sites is 1. The summed E-state index contributed by atoms with van der Waals surface area (Å²) in [6, 6.07) is 21.2. The third kappa shape index (κ3) is 6.19. The minimum atomic E-state index is -0.437. The number of aryl methyl sites for hydroxylation is 1. The Labute approximate surface area is 173 Å². The molecule has 148 valence electrons. The van der Waals surface area contributed by atoms with E-state index in [0.29, 0.717) is 11.3 Å². The Morgan fingerprint density at radius 3 is 2.34 bits per heavy atom. The highest BCUT2D eigenvalue weighted by Crippen LogP contribution is 2.18. The molecular weight excluding hydrogens is 387 g/mol. The van der Waals surface area contributed by atoms with Crippen LogP contribution in [0.4, 0.5) is 15.8 Å². The third-order valence-electron chi connectivity index (χ3n) is 4.15. The standard InChI is InChI=1S/C23H21FN2O2S/c1-16-7-12-21(20(24)13-16)26-22(27)15-29-14-17-8-10-18(11-9-17)23(28)25-19-5-3-2-4-6-19/h2-13H,14-15H2,1H3,(H,25,28)(H,26,27). The van der Waals surface area contributed by atoms with Crippen molar-refractivity contribution in [1.82, 2.24) is 0 Å². The zero-order chi connectivity index (χ0) is 20.6. The summed E-state index contributed by atoms with van der Waals surface area (Å²) in [4.78, 5) is 24.3. The molecule has 0 unspecified atom stereocenters. The van der Waals surface area contributed by atoms with Gasteiger partial charge in [0, 0.05) is 17.0 Å². The monoisotopic (exact) mass is 408 g/mol. The van der Waals surface area contributed by atoms with Crippen LogP contribution in [0.3, 0.4) is 0 Å². The number of nitrogens with one attached hydrogen (secondary N) is 2. The van der Waals surface area contributed by atoms with E-state index in [9.17, 15) is 14.0 Å². The maximum absolute atomic E-state index is 13.8. The van der Waals surface area contributed by atoms with Crippen LogP contribution in [0.25, 0.3) is 0 Å². The fourth-order valence-corrected chi connectivity index (χ4v) is 3.43. The number of halogens is 1. The van der Waals surface area contributed by atoms with E-state index in [1.54, 1.807) is 31.2 Å². The minimum absolute atomic E-state index is 0.171. The molecular formula is C23H21FN2O2S. The third-order valence-corrected chi connectivity index (χ3v) is 5.15. The van der Waals surface area contributed by atoms with Crippen molar-refractivity contribution in [1.29, 1.82) is 0 Å². The van der Waals surface area contributed by atoms with Gasteiger partial charge in [0.2, 0.25) is 5.91 Å². The Morgan fingerprint density at radius 1 is 0.931 bits per heavy atom. The van der Waals surface area contributed by atoms with Crippen molar-refractivity contribution >= 4 is 35.0 Å². The van der Waals surface area contributed by atoms with Crippen molar-refractivity contribution in [3.05, 3.63) is 95.3 Å². The number of hydrogen-bond donors (Lipinski definition) is 2. The van der Waals surface area contributed by atoms with Gasteiger partial charge in [0.05, 0.1) is 11.4 Å². The normalized spacial score (nSPS) is 10.4. The molecule has 3 aromatic rings. The molecule has 0 aliphatic carbocycles. The molecule has 0 atom stereocenters. The molecule has 29 heavy (non-hydrogen) atoms. The predicted molar refractivity (Wildman–Crippen MR) is 117 cm³/mol. The van der Waals surface area contributed by atoms with E-state index in [0.717, 1.165) is 16.8 Å². The Hall–Kier alpha value is -3.12. The number of carbonyl (C=O) groups excluding carboxylic acids is 2. The smallest absolute Gasteiger partial charge is 0.255 e. The molecule has 2 N–H and O–H groups in total. The van der Waals surface area contributed by atoms with Gasteiger partial charge in [-0.1, -0.05) is 36.4 Å². The lowest BCUT2D eigenvalue weighted by molar-refractivity contribution is -0.113. The van der Waals surface area contributed by atoms with Crippen LogP contribution in [0.2, 0.25) is 0 Å². The van der Waals surface area contributed by atoms with Crippen LogP contribution in [0.1, 0.15) is 21.5 Å². The second-order valence-corrected chi connectivity index (χ2v) is 7.53. The van der Waals surface area contributed by atoms with E-state index in [4.69, 9.17) is 0 Å². The quantitative estimate of drug-likeness (QED) is 0.561. The molecule has 0 saturated carbocycles. The van der Waals surface area contributed by atoms with Gasteiger partial charge in [-0.25, -0.2) is 4.39 Å². The van der Waals surface area contributed by atoms with Crippen molar-refractivity contribution < 1.29 is 14.0 Å². The summed E-state index contributed by atoms with van der Waals surface area (Å²) in [5.74, 6) is -0.0345. The molecule has 0 bridgehead atoms. The Bertz CT molecular complexity index is 992. The average molecular weight is 408 g/mol. The van der Waals surface area contributed by atoms with Gasteiger partial charge in [0.25, 0.3) is 5.91 Å². The summed E-state index contributed by atoms with van der Waals surface area (Å²) >= 11 is 1.42. The fourth-order valence-electron chi connectivity index (χ4n) is 2.65. The molecule has 0 saturated heterocycles. The second-order valence-electron chi connectivity index (χ2n) is 6.54. The van der Waals surface area contributed by atoms with E-state index in [1.807, 2.05) is 42.5 Å². The molecule has 0 aliphatic heterocycles. The summed E-state index contributed by atoms with van der Waals surface area (Å²) in [5.41, 5.74) is 3.30. The minimum Gasteiger partial charge on any atom is -0.323 e. The first kappa shape index (κ1) is 20.6. The summed E-state index contributed by atoms with van der Waals surface area (Å²) in [6.45, 7) is 1.79. The first-order chi connectivity index (χ1) is 14.0. The first-order valence-electron chi connectivity index (χ1n) is 9.10. The highest BCUT2D eigenvalue weighted by atomic mass is 32.2. The Balaban J connectivity index is 1.46. The van der Waals surface area contributed by atoms with Crippen molar-refractivity contribution in [2.24, 2.45) is 0 Å². The maximum atomic E-state index is 13.8. The SMILES string of the molecule is Cc1ccc(NC(=O)CSCc2ccc(C(=O)Nc3ccccc3)cc2)c(F)c1. The van der Waals surface area contributed by atoms with Crippen molar-refractivity contribution in [3.63, 3.8) is 0 Å². The van der Waals surface area contributed by atoms with Gasteiger partial charge in [-0.15, -0.1) is 11.8 Å². The summed E-state index contributed by atoms with van der Waals surface area (Å²) in [6.07, 6.45) is 0. The summed E-state index contributed by atoms with van der Waals surface area (Å²) < 4.78 is 13.8. The van der Waals surface area contributed by atoms with Crippen LogP contribution in [-0.4, -0.2) is 17.6 Å². The lowest BCUT2D eigenvalue weighted by Gasteiger charge is -2.08. The predicted octanol–water partition coefficient (Wildman–Crippen LogP) is 5.26. The largest absolute Gasteiger partial charge is 0.323 e. The van der Waals surface area contributed by atoms with Crippen LogP contribution in [0.15, 0.2) is 72.8 Å². The lowest BCUT2D eigenvalue weighted by Crippen LogP contribution is -2.15. The zero-order valence-electron chi connectivity index (χ0n) is 15.9. The molecule has 4 nitrogen and oxygen atoms in total.